The number of aromatic nitrogens is 2. The van der Waals surface area contributed by atoms with Crippen LogP contribution in [-0.2, 0) is 9.59 Å². The first kappa shape index (κ1) is 20.7. The van der Waals surface area contributed by atoms with Gasteiger partial charge in [-0.15, -0.1) is 0 Å². The van der Waals surface area contributed by atoms with Gasteiger partial charge < -0.3 is 19.5 Å². The Kier molecular flexibility index (Phi) is 5.75. The summed E-state index contributed by atoms with van der Waals surface area (Å²) in [7, 11) is 1.58. The molecule has 31 heavy (non-hydrogen) atoms. The average molecular weight is 418 g/mol. The highest BCUT2D eigenvalue weighted by Crippen LogP contribution is 2.34. The number of nitrogens with zero attached hydrogens (tertiary/aromatic N) is 3. The van der Waals surface area contributed by atoms with Crippen LogP contribution in [0.3, 0.4) is 0 Å². The number of benzene rings is 2. The van der Waals surface area contributed by atoms with Crippen LogP contribution in [0.15, 0.2) is 61.2 Å². The smallest absolute Gasteiger partial charge is 0.227 e. The topological polar surface area (TPSA) is 76.5 Å². The molecule has 0 spiro atoms. The molecule has 1 N–H and O–H groups in total. The van der Waals surface area contributed by atoms with E-state index in [0.717, 1.165) is 16.8 Å². The summed E-state index contributed by atoms with van der Waals surface area (Å²) in [6.07, 6.45) is 5.54. The van der Waals surface area contributed by atoms with Crippen LogP contribution >= 0.6 is 0 Å². The van der Waals surface area contributed by atoms with Crippen LogP contribution in [0.25, 0.3) is 5.69 Å². The number of carbonyl (C=O) groups is 2. The number of imidazole rings is 1. The van der Waals surface area contributed by atoms with E-state index in [1.807, 2.05) is 67.1 Å². The first-order chi connectivity index (χ1) is 15.0. The number of hydrogen-bond donors (Lipinski definition) is 1. The summed E-state index contributed by atoms with van der Waals surface area (Å²) in [6, 6.07) is 13.5. The fraction of sp³-hybridized carbons (Fsp3) is 0.292. The van der Waals surface area contributed by atoms with Crippen molar-refractivity contribution >= 4 is 17.5 Å². The Morgan fingerprint density at radius 2 is 2.00 bits per heavy atom. The first-order valence-electron chi connectivity index (χ1n) is 10.3. The zero-order chi connectivity index (χ0) is 22.0. The number of anilines is 1. The molecule has 1 aliphatic heterocycles. The number of nitrogens with one attached hydrogen (secondary N) is 1. The summed E-state index contributed by atoms with van der Waals surface area (Å²) in [5.41, 5.74) is 3.75. The highest BCUT2D eigenvalue weighted by Gasteiger charge is 2.36. The highest BCUT2D eigenvalue weighted by atomic mass is 16.5. The maximum atomic E-state index is 12.9. The predicted molar refractivity (Wildman–Crippen MR) is 118 cm³/mol. The lowest BCUT2D eigenvalue weighted by Crippen LogP contribution is -2.34. The molecule has 2 amide bonds. The zero-order valence-electron chi connectivity index (χ0n) is 17.9. The molecule has 7 heteroatoms. The minimum Gasteiger partial charge on any atom is -0.495 e. The molecule has 2 atom stereocenters. The lowest BCUT2D eigenvalue weighted by atomic mass is 10.0. The van der Waals surface area contributed by atoms with E-state index in [1.54, 1.807) is 24.5 Å². The van der Waals surface area contributed by atoms with Crippen LogP contribution in [0.1, 0.15) is 30.5 Å². The van der Waals surface area contributed by atoms with Crippen molar-refractivity contribution in [2.75, 3.05) is 18.6 Å². The van der Waals surface area contributed by atoms with Gasteiger partial charge in [-0.3, -0.25) is 9.59 Å². The fourth-order valence-corrected chi connectivity index (χ4v) is 3.89. The molecule has 7 nitrogen and oxygen atoms in total. The molecule has 1 aromatic heterocycles. The van der Waals surface area contributed by atoms with E-state index >= 15 is 0 Å². The Bertz CT molecular complexity index is 1080. The number of aryl methyl sites for hydroxylation is 1. The lowest BCUT2D eigenvalue weighted by Gasteiger charge is -2.21. The minimum absolute atomic E-state index is 0.0682. The summed E-state index contributed by atoms with van der Waals surface area (Å²) in [5, 5.41) is 3.06. The quantitative estimate of drug-likeness (QED) is 0.666. The maximum absolute atomic E-state index is 12.9. The number of hydrogen-bond acceptors (Lipinski definition) is 4. The van der Waals surface area contributed by atoms with E-state index in [2.05, 4.69) is 10.3 Å². The van der Waals surface area contributed by atoms with E-state index < -0.39 is 5.92 Å². The molecule has 2 aromatic carbocycles. The van der Waals surface area contributed by atoms with Gasteiger partial charge in [0.1, 0.15) is 5.75 Å². The number of carbonyl (C=O) groups excluding carboxylic acids is 2. The Labute approximate surface area is 181 Å². The molecule has 2 heterocycles. The highest BCUT2D eigenvalue weighted by molar-refractivity contribution is 6.01. The van der Waals surface area contributed by atoms with Gasteiger partial charge in [-0.05, 0) is 49.2 Å². The van der Waals surface area contributed by atoms with Gasteiger partial charge in [0.25, 0.3) is 0 Å². The van der Waals surface area contributed by atoms with Crippen LogP contribution in [-0.4, -0.2) is 35.0 Å². The van der Waals surface area contributed by atoms with Gasteiger partial charge in [-0.25, -0.2) is 4.98 Å². The van der Waals surface area contributed by atoms with E-state index in [4.69, 9.17) is 4.74 Å². The number of ether oxygens (including phenoxy) is 1. The molecule has 0 aliphatic carbocycles. The molecule has 1 saturated heterocycles. The van der Waals surface area contributed by atoms with Crippen molar-refractivity contribution < 1.29 is 14.3 Å². The zero-order valence-corrected chi connectivity index (χ0v) is 17.9. The lowest BCUT2D eigenvalue weighted by molar-refractivity contribution is -0.126. The van der Waals surface area contributed by atoms with Crippen LogP contribution in [0, 0.1) is 12.8 Å². The van der Waals surface area contributed by atoms with Gasteiger partial charge in [0, 0.05) is 31.0 Å². The Morgan fingerprint density at radius 3 is 2.68 bits per heavy atom. The number of amides is 2. The van der Waals surface area contributed by atoms with Crippen molar-refractivity contribution in [1.82, 2.24) is 14.9 Å². The molecular weight excluding hydrogens is 392 g/mol. The SMILES string of the molecule is COc1ccc(C)cc1N1CC(C(=O)NC(C)c2ccc(-n3ccnc3)cc2)CC1=O. The Balaban J connectivity index is 1.42. The molecule has 1 aliphatic rings. The molecular formula is C24H26N4O3. The van der Waals surface area contributed by atoms with E-state index in [9.17, 15) is 9.59 Å². The van der Waals surface area contributed by atoms with Crippen molar-refractivity contribution in [3.8, 4) is 11.4 Å². The molecule has 2 unspecified atom stereocenters. The van der Waals surface area contributed by atoms with Crippen molar-refractivity contribution in [2.24, 2.45) is 5.92 Å². The molecule has 0 radical (unpaired) electrons. The number of rotatable bonds is 6. The Hall–Kier alpha value is -3.61. The van der Waals surface area contributed by atoms with E-state index in [0.29, 0.717) is 18.0 Å². The van der Waals surface area contributed by atoms with Gasteiger partial charge in [0.2, 0.25) is 11.8 Å². The standard InChI is InChI=1S/C24H26N4O3/c1-16-4-9-22(31-3)21(12-16)28-14-19(13-23(28)29)24(30)26-17(2)18-5-7-20(8-6-18)27-11-10-25-15-27/h4-12,15,17,19H,13-14H2,1-3H3,(H,26,30). The maximum Gasteiger partial charge on any atom is 0.227 e. The molecule has 0 saturated carbocycles. The van der Waals surface area contributed by atoms with Gasteiger partial charge >= 0.3 is 0 Å². The second-order valence-electron chi connectivity index (χ2n) is 7.87. The summed E-state index contributed by atoms with van der Waals surface area (Å²) < 4.78 is 7.34. The third kappa shape index (κ3) is 4.30. The third-order valence-electron chi connectivity index (χ3n) is 5.68. The molecule has 1 fully saturated rings. The molecule has 160 valence electrons. The van der Waals surface area contributed by atoms with Gasteiger partial charge in [0.05, 0.1) is 31.1 Å². The van der Waals surface area contributed by atoms with Crippen molar-refractivity contribution in [3.63, 3.8) is 0 Å². The van der Waals surface area contributed by atoms with E-state index in [-0.39, 0.29) is 24.3 Å². The second kappa shape index (κ2) is 8.63. The van der Waals surface area contributed by atoms with Crippen LogP contribution < -0.4 is 15.0 Å². The summed E-state index contributed by atoms with van der Waals surface area (Å²) >= 11 is 0. The Morgan fingerprint density at radius 1 is 1.23 bits per heavy atom. The second-order valence-corrected chi connectivity index (χ2v) is 7.87. The average Bonchev–Trinajstić information content (AvgIpc) is 3.44. The first-order valence-corrected chi connectivity index (χ1v) is 10.3. The third-order valence-corrected chi connectivity index (χ3v) is 5.68. The summed E-state index contributed by atoms with van der Waals surface area (Å²) in [5.74, 6) is 0.0480. The summed E-state index contributed by atoms with van der Waals surface area (Å²) in [6.45, 7) is 4.26. The van der Waals surface area contributed by atoms with Crippen LogP contribution in [0.2, 0.25) is 0 Å². The number of methoxy groups -OCH3 is 1. The van der Waals surface area contributed by atoms with Crippen LogP contribution in [0.4, 0.5) is 5.69 Å². The van der Waals surface area contributed by atoms with Gasteiger partial charge in [-0.1, -0.05) is 18.2 Å². The fourth-order valence-electron chi connectivity index (χ4n) is 3.89. The van der Waals surface area contributed by atoms with E-state index in [1.165, 1.54) is 0 Å². The summed E-state index contributed by atoms with van der Waals surface area (Å²) in [4.78, 5) is 31.3. The molecule has 3 aromatic rings. The van der Waals surface area contributed by atoms with Crippen molar-refractivity contribution in [3.05, 3.63) is 72.3 Å². The molecule has 4 rings (SSSR count). The molecule has 0 bridgehead atoms. The van der Waals surface area contributed by atoms with Crippen LogP contribution in [0.5, 0.6) is 5.75 Å². The van der Waals surface area contributed by atoms with Gasteiger partial charge in [-0.2, -0.15) is 0 Å². The van der Waals surface area contributed by atoms with Crippen molar-refractivity contribution in [1.29, 1.82) is 0 Å². The van der Waals surface area contributed by atoms with Crippen molar-refractivity contribution in [2.45, 2.75) is 26.3 Å². The predicted octanol–water partition coefficient (Wildman–Crippen LogP) is 3.42. The van der Waals surface area contributed by atoms with Gasteiger partial charge in [0.15, 0.2) is 0 Å². The normalized spacial score (nSPS) is 16.9. The monoisotopic (exact) mass is 418 g/mol. The minimum atomic E-state index is -0.398. The largest absolute Gasteiger partial charge is 0.495 e.